The molecule has 1 saturated heterocycles. The van der Waals surface area contributed by atoms with Gasteiger partial charge in [-0.25, -0.2) is 13.4 Å². The van der Waals surface area contributed by atoms with Gasteiger partial charge in [-0.15, -0.1) is 11.3 Å². The predicted octanol–water partition coefficient (Wildman–Crippen LogP) is 2.92. The fourth-order valence-electron chi connectivity index (χ4n) is 3.14. The number of piperazine rings is 1. The Hall–Kier alpha value is -2.20. The lowest BCUT2D eigenvalue weighted by molar-refractivity contribution is 0.181. The molecule has 0 saturated carbocycles. The van der Waals surface area contributed by atoms with Crippen LogP contribution in [0.3, 0.4) is 0 Å². The third-order valence-electron chi connectivity index (χ3n) is 4.71. The summed E-state index contributed by atoms with van der Waals surface area (Å²) in [6.07, 6.45) is 1.64. The lowest BCUT2D eigenvalue weighted by Gasteiger charge is -2.33. The van der Waals surface area contributed by atoms with E-state index in [1.165, 1.54) is 0 Å². The monoisotopic (exact) mass is 419 g/mol. The molecule has 0 radical (unpaired) electrons. The van der Waals surface area contributed by atoms with Crippen LogP contribution in [0, 0.1) is 0 Å². The molecule has 4 rings (SSSR count). The van der Waals surface area contributed by atoms with E-state index in [2.05, 4.69) is 9.88 Å². The number of rotatable bonds is 6. The molecule has 0 bridgehead atoms. The number of furan rings is 1. The highest BCUT2D eigenvalue weighted by molar-refractivity contribution is 7.89. The quantitative estimate of drug-likeness (QED) is 0.612. The lowest BCUT2D eigenvalue weighted by atomic mass is 10.3. The van der Waals surface area contributed by atoms with Crippen molar-refractivity contribution in [3.63, 3.8) is 0 Å². The maximum Gasteiger partial charge on any atom is 0.243 e. The minimum absolute atomic E-state index is 0.296. The second-order valence-electron chi connectivity index (χ2n) is 6.46. The number of hydrogen-bond acceptors (Lipinski definition) is 7. The lowest BCUT2D eigenvalue weighted by Crippen LogP contribution is -2.48. The van der Waals surface area contributed by atoms with Crippen molar-refractivity contribution >= 4 is 21.4 Å². The SMILES string of the molecule is COc1ccc(S(=O)(=O)N2CCN(Cc3nc(-c4ccco4)cs3)CC2)cc1. The van der Waals surface area contributed by atoms with Crippen molar-refractivity contribution in [3.8, 4) is 17.2 Å². The van der Waals surface area contributed by atoms with E-state index in [1.54, 1.807) is 53.3 Å². The number of methoxy groups -OCH3 is 1. The molecule has 1 aliphatic heterocycles. The molecule has 1 fully saturated rings. The number of aromatic nitrogens is 1. The molecule has 1 aromatic carbocycles. The normalized spacial score (nSPS) is 16.3. The van der Waals surface area contributed by atoms with E-state index in [-0.39, 0.29) is 0 Å². The first-order valence-corrected chi connectivity index (χ1v) is 11.2. The molecule has 28 heavy (non-hydrogen) atoms. The molecule has 0 amide bonds. The van der Waals surface area contributed by atoms with Crippen molar-refractivity contribution in [2.24, 2.45) is 0 Å². The molecule has 0 atom stereocenters. The number of ether oxygens (including phenoxy) is 1. The first-order chi connectivity index (χ1) is 13.6. The highest BCUT2D eigenvalue weighted by Gasteiger charge is 2.28. The van der Waals surface area contributed by atoms with E-state index < -0.39 is 10.0 Å². The van der Waals surface area contributed by atoms with E-state index in [0.717, 1.165) is 16.5 Å². The summed E-state index contributed by atoms with van der Waals surface area (Å²) in [6, 6.07) is 10.3. The zero-order chi connectivity index (χ0) is 19.6. The summed E-state index contributed by atoms with van der Waals surface area (Å²) in [5.74, 6) is 1.40. The van der Waals surface area contributed by atoms with Crippen LogP contribution in [-0.4, -0.2) is 55.9 Å². The second kappa shape index (κ2) is 8.04. The standard InChI is InChI=1S/C19H21N3O4S2/c1-25-15-4-6-16(7-5-15)28(23,24)22-10-8-21(9-11-22)13-19-20-17(14-27-19)18-3-2-12-26-18/h2-7,12,14H,8-11,13H2,1H3. The van der Waals surface area contributed by atoms with Gasteiger partial charge >= 0.3 is 0 Å². The van der Waals surface area contributed by atoms with Gasteiger partial charge in [-0.2, -0.15) is 4.31 Å². The average Bonchev–Trinajstić information content (AvgIpc) is 3.40. The maximum absolute atomic E-state index is 12.8. The zero-order valence-corrected chi connectivity index (χ0v) is 17.1. The summed E-state index contributed by atoms with van der Waals surface area (Å²) in [5.41, 5.74) is 0.839. The van der Waals surface area contributed by atoms with Gasteiger partial charge in [0.15, 0.2) is 5.76 Å². The van der Waals surface area contributed by atoms with E-state index in [0.29, 0.717) is 43.4 Å². The molecule has 3 aromatic rings. The van der Waals surface area contributed by atoms with Gasteiger partial charge in [-0.3, -0.25) is 4.90 Å². The van der Waals surface area contributed by atoms with Gasteiger partial charge in [0, 0.05) is 31.6 Å². The minimum Gasteiger partial charge on any atom is -0.497 e. The smallest absolute Gasteiger partial charge is 0.243 e. The van der Waals surface area contributed by atoms with Gasteiger partial charge in [0.1, 0.15) is 16.5 Å². The van der Waals surface area contributed by atoms with Gasteiger partial charge in [-0.1, -0.05) is 0 Å². The van der Waals surface area contributed by atoms with Crippen LogP contribution in [0.5, 0.6) is 5.75 Å². The number of sulfonamides is 1. The van der Waals surface area contributed by atoms with Gasteiger partial charge in [0.05, 0.1) is 24.8 Å². The Kier molecular flexibility index (Phi) is 5.49. The molecular formula is C19H21N3O4S2. The Morgan fingerprint density at radius 2 is 1.89 bits per heavy atom. The van der Waals surface area contributed by atoms with E-state index >= 15 is 0 Å². The molecule has 7 nitrogen and oxygen atoms in total. The number of hydrogen-bond donors (Lipinski definition) is 0. The molecule has 1 aliphatic rings. The van der Waals surface area contributed by atoms with Crippen molar-refractivity contribution in [2.75, 3.05) is 33.3 Å². The van der Waals surface area contributed by atoms with Crippen LogP contribution in [0.2, 0.25) is 0 Å². The Morgan fingerprint density at radius 1 is 1.14 bits per heavy atom. The molecule has 0 unspecified atom stereocenters. The largest absolute Gasteiger partial charge is 0.497 e. The zero-order valence-electron chi connectivity index (χ0n) is 15.4. The maximum atomic E-state index is 12.8. The number of benzene rings is 1. The summed E-state index contributed by atoms with van der Waals surface area (Å²) >= 11 is 1.59. The second-order valence-corrected chi connectivity index (χ2v) is 9.34. The first kappa shape index (κ1) is 19.1. The van der Waals surface area contributed by atoms with Crippen LogP contribution < -0.4 is 4.74 Å². The fraction of sp³-hybridized carbons (Fsp3) is 0.316. The summed E-state index contributed by atoms with van der Waals surface area (Å²) in [4.78, 5) is 7.14. The van der Waals surface area contributed by atoms with Gasteiger partial charge in [0.2, 0.25) is 10.0 Å². The van der Waals surface area contributed by atoms with Gasteiger partial charge in [-0.05, 0) is 36.4 Å². The van der Waals surface area contributed by atoms with E-state index in [1.807, 2.05) is 17.5 Å². The third-order valence-corrected chi connectivity index (χ3v) is 7.46. The van der Waals surface area contributed by atoms with Crippen LogP contribution in [-0.2, 0) is 16.6 Å². The molecule has 0 aliphatic carbocycles. The van der Waals surface area contributed by atoms with E-state index in [4.69, 9.17) is 9.15 Å². The van der Waals surface area contributed by atoms with Crippen molar-refractivity contribution in [1.29, 1.82) is 0 Å². The third kappa shape index (κ3) is 3.97. The highest BCUT2D eigenvalue weighted by Crippen LogP contribution is 2.24. The molecular weight excluding hydrogens is 398 g/mol. The summed E-state index contributed by atoms with van der Waals surface area (Å²) < 4.78 is 37.7. The van der Waals surface area contributed by atoms with E-state index in [9.17, 15) is 8.42 Å². The van der Waals surface area contributed by atoms with Crippen LogP contribution in [0.4, 0.5) is 0 Å². The average molecular weight is 420 g/mol. The Bertz CT molecular complexity index is 1010. The molecule has 0 spiro atoms. The molecule has 0 N–H and O–H groups in total. The van der Waals surface area contributed by atoms with Gasteiger partial charge in [0.25, 0.3) is 0 Å². The Morgan fingerprint density at radius 3 is 2.54 bits per heavy atom. The molecule has 148 valence electrons. The summed E-state index contributed by atoms with van der Waals surface area (Å²) in [6.45, 7) is 2.98. The highest BCUT2D eigenvalue weighted by atomic mass is 32.2. The van der Waals surface area contributed by atoms with Crippen LogP contribution >= 0.6 is 11.3 Å². The van der Waals surface area contributed by atoms with Crippen molar-refractivity contribution in [3.05, 3.63) is 53.0 Å². The first-order valence-electron chi connectivity index (χ1n) is 8.91. The molecule has 3 heterocycles. The molecule has 9 heteroatoms. The van der Waals surface area contributed by atoms with Gasteiger partial charge < -0.3 is 9.15 Å². The summed E-state index contributed by atoms with van der Waals surface area (Å²) in [7, 11) is -1.92. The Balaban J connectivity index is 1.36. The fourth-order valence-corrected chi connectivity index (χ4v) is 5.38. The van der Waals surface area contributed by atoms with Crippen molar-refractivity contribution in [2.45, 2.75) is 11.4 Å². The minimum atomic E-state index is -3.48. The van der Waals surface area contributed by atoms with Crippen molar-refractivity contribution in [1.82, 2.24) is 14.2 Å². The van der Waals surface area contributed by atoms with Crippen molar-refractivity contribution < 1.29 is 17.6 Å². The van der Waals surface area contributed by atoms with Crippen LogP contribution in [0.15, 0.2) is 57.4 Å². The number of thiazole rings is 1. The predicted molar refractivity (Wildman–Crippen MR) is 107 cm³/mol. The van der Waals surface area contributed by atoms with Crippen LogP contribution in [0.25, 0.3) is 11.5 Å². The molecule has 2 aromatic heterocycles. The summed E-state index contributed by atoms with van der Waals surface area (Å²) in [5, 5.41) is 2.98. The number of nitrogens with zero attached hydrogens (tertiary/aromatic N) is 3. The Labute approximate surface area is 168 Å². The van der Waals surface area contributed by atoms with Crippen LogP contribution in [0.1, 0.15) is 5.01 Å². The topological polar surface area (TPSA) is 75.9 Å².